The van der Waals surface area contributed by atoms with Gasteiger partial charge in [0.15, 0.2) is 6.61 Å². The Labute approximate surface area is 95.8 Å². The monoisotopic (exact) mass is 222 g/mol. The highest BCUT2D eigenvalue weighted by molar-refractivity contribution is 5.77. The van der Waals surface area contributed by atoms with Gasteiger partial charge in [-0.05, 0) is 31.0 Å². The van der Waals surface area contributed by atoms with Gasteiger partial charge in [0, 0.05) is 13.1 Å². The SMILES string of the molecule is CCNC(=O)COc1cc(CN)ccc1C. The van der Waals surface area contributed by atoms with E-state index in [1.165, 1.54) is 0 Å². The Balaban J connectivity index is 2.62. The fourth-order valence-corrected chi connectivity index (χ4v) is 1.32. The topological polar surface area (TPSA) is 64.3 Å². The van der Waals surface area contributed by atoms with Gasteiger partial charge in [0.1, 0.15) is 5.75 Å². The van der Waals surface area contributed by atoms with Crippen molar-refractivity contribution in [1.82, 2.24) is 5.32 Å². The maximum absolute atomic E-state index is 11.2. The van der Waals surface area contributed by atoms with Crippen LogP contribution < -0.4 is 15.8 Å². The molecule has 1 aromatic carbocycles. The molecule has 0 saturated carbocycles. The number of likely N-dealkylation sites (N-methyl/N-ethyl adjacent to an activating group) is 1. The number of hydrogen-bond donors (Lipinski definition) is 2. The molecule has 0 atom stereocenters. The van der Waals surface area contributed by atoms with Gasteiger partial charge in [-0.3, -0.25) is 4.79 Å². The Bertz CT molecular complexity index is 364. The predicted molar refractivity (Wildman–Crippen MR) is 63.2 cm³/mol. The summed E-state index contributed by atoms with van der Waals surface area (Å²) in [6, 6.07) is 5.76. The van der Waals surface area contributed by atoms with E-state index < -0.39 is 0 Å². The minimum atomic E-state index is -0.111. The van der Waals surface area contributed by atoms with Crippen molar-refractivity contribution in [2.24, 2.45) is 5.73 Å². The standard InChI is InChI=1S/C12H18N2O2/c1-3-14-12(15)8-16-11-6-10(7-13)5-4-9(11)2/h4-6H,3,7-8,13H2,1-2H3,(H,14,15). The third-order valence-electron chi connectivity index (χ3n) is 2.22. The van der Waals surface area contributed by atoms with Crippen LogP contribution in [0.25, 0.3) is 0 Å². The van der Waals surface area contributed by atoms with Crippen LogP contribution in [-0.4, -0.2) is 19.1 Å². The number of carbonyl (C=O) groups excluding carboxylic acids is 1. The van der Waals surface area contributed by atoms with Crippen molar-refractivity contribution in [2.45, 2.75) is 20.4 Å². The maximum atomic E-state index is 11.2. The zero-order chi connectivity index (χ0) is 12.0. The van der Waals surface area contributed by atoms with Crippen LogP contribution in [0.1, 0.15) is 18.1 Å². The molecular weight excluding hydrogens is 204 g/mol. The van der Waals surface area contributed by atoms with Crippen molar-refractivity contribution in [3.05, 3.63) is 29.3 Å². The normalized spacial score (nSPS) is 9.94. The second kappa shape index (κ2) is 6.12. The molecular formula is C12H18N2O2. The first kappa shape index (κ1) is 12.5. The summed E-state index contributed by atoms with van der Waals surface area (Å²) in [6.45, 7) is 4.94. The van der Waals surface area contributed by atoms with Gasteiger partial charge in [-0.1, -0.05) is 12.1 Å². The molecule has 0 spiro atoms. The van der Waals surface area contributed by atoms with E-state index in [-0.39, 0.29) is 12.5 Å². The summed E-state index contributed by atoms with van der Waals surface area (Å²) in [5, 5.41) is 2.68. The zero-order valence-electron chi connectivity index (χ0n) is 9.75. The third-order valence-corrected chi connectivity index (χ3v) is 2.22. The van der Waals surface area contributed by atoms with Crippen LogP contribution in [0.15, 0.2) is 18.2 Å². The van der Waals surface area contributed by atoms with Crippen LogP contribution in [0, 0.1) is 6.92 Å². The molecule has 3 N–H and O–H groups in total. The molecule has 4 nitrogen and oxygen atoms in total. The predicted octanol–water partition coefficient (Wildman–Crippen LogP) is 0.969. The van der Waals surface area contributed by atoms with Gasteiger partial charge in [0.25, 0.3) is 5.91 Å². The molecule has 88 valence electrons. The molecule has 0 saturated heterocycles. The molecule has 0 unspecified atom stereocenters. The smallest absolute Gasteiger partial charge is 0.257 e. The minimum absolute atomic E-state index is 0.0443. The summed E-state index contributed by atoms with van der Waals surface area (Å²) in [5.74, 6) is 0.606. The van der Waals surface area contributed by atoms with Gasteiger partial charge in [-0.2, -0.15) is 0 Å². The van der Waals surface area contributed by atoms with Gasteiger partial charge in [-0.15, -0.1) is 0 Å². The molecule has 0 radical (unpaired) electrons. The first-order valence-electron chi connectivity index (χ1n) is 5.36. The average molecular weight is 222 g/mol. The number of nitrogens with one attached hydrogen (secondary N) is 1. The Morgan fingerprint density at radius 2 is 2.25 bits per heavy atom. The van der Waals surface area contributed by atoms with E-state index in [0.717, 1.165) is 11.1 Å². The highest BCUT2D eigenvalue weighted by Gasteiger charge is 2.04. The summed E-state index contributed by atoms with van der Waals surface area (Å²) < 4.78 is 5.43. The number of hydrogen-bond acceptors (Lipinski definition) is 3. The summed E-state index contributed by atoms with van der Waals surface area (Å²) in [5.41, 5.74) is 7.54. The lowest BCUT2D eigenvalue weighted by molar-refractivity contribution is -0.122. The van der Waals surface area contributed by atoms with E-state index in [9.17, 15) is 4.79 Å². The van der Waals surface area contributed by atoms with E-state index in [1.807, 2.05) is 32.0 Å². The summed E-state index contributed by atoms with van der Waals surface area (Å²) in [4.78, 5) is 11.2. The number of amides is 1. The fourth-order valence-electron chi connectivity index (χ4n) is 1.32. The van der Waals surface area contributed by atoms with Crippen molar-refractivity contribution in [3.63, 3.8) is 0 Å². The van der Waals surface area contributed by atoms with Crippen molar-refractivity contribution >= 4 is 5.91 Å². The van der Waals surface area contributed by atoms with Crippen molar-refractivity contribution in [1.29, 1.82) is 0 Å². The van der Waals surface area contributed by atoms with Gasteiger partial charge in [0.2, 0.25) is 0 Å². The number of rotatable bonds is 5. The van der Waals surface area contributed by atoms with Gasteiger partial charge >= 0.3 is 0 Å². The zero-order valence-corrected chi connectivity index (χ0v) is 9.75. The first-order valence-corrected chi connectivity index (χ1v) is 5.36. The first-order chi connectivity index (χ1) is 7.67. The Hall–Kier alpha value is -1.55. The molecule has 0 aromatic heterocycles. The summed E-state index contributed by atoms with van der Waals surface area (Å²) in [6.07, 6.45) is 0. The second-order valence-electron chi connectivity index (χ2n) is 3.55. The van der Waals surface area contributed by atoms with E-state index in [1.54, 1.807) is 0 Å². The lowest BCUT2D eigenvalue weighted by Crippen LogP contribution is -2.28. The quantitative estimate of drug-likeness (QED) is 0.780. The van der Waals surface area contributed by atoms with Crippen LogP contribution in [0.5, 0.6) is 5.75 Å². The van der Waals surface area contributed by atoms with Crippen LogP contribution in [0.4, 0.5) is 0 Å². The number of benzene rings is 1. The van der Waals surface area contributed by atoms with Crippen molar-refractivity contribution in [2.75, 3.05) is 13.2 Å². The molecule has 0 aliphatic carbocycles. The number of aryl methyl sites for hydroxylation is 1. The lowest BCUT2D eigenvalue weighted by atomic mass is 10.1. The fraction of sp³-hybridized carbons (Fsp3) is 0.417. The van der Waals surface area contributed by atoms with Gasteiger partial charge in [0.05, 0.1) is 0 Å². The number of ether oxygens (including phenoxy) is 1. The van der Waals surface area contributed by atoms with Crippen LogP contribution in [-0.2, 0) is 11.3 Å². The number of carbonyl (C=O) groups is 1. The van der Waals surface area contributed by atoms with Crippen molar-refractivity contribution in [3.8, 4) is 5.75 Å². The molecule has 0 aliphatic heterocycles. The van der Waals surface area contributed by atoms with Gasteiger partial charge < -0.3 is 15.8 Å². The average Bonchev–Trinajstić information content (AvgIpc) is 2.28. The maximum Gasteiger partial charge on any atom is 0.257 e. The number of nitrogens with two attached hydrogens (primary N) is 1. The second-order valence-corrected chi connectivity index (χ2v) is 3.55. The van der Waals surface area contributed by atoms with Crippen molar-refractivity contribution < 1.29 is 9.53 Å². The lowest BCUT2D eigenvalue weighted by Gasteiger charge is -2.10. The molecule has 1 amide bonds. The highest BCUT2D eigenvalue weighted by Crippen LogP contribution is 2.19. The van der Waals surface area contributed by atoms with E-state index in [0.29, 0.717) is 18.8 Å². The molecule has 1 aromatic rings. The molecule has 0 heterocycles. The molecule has 0 aliphatic rings. The Morgan fingerprint density at radius 3 is 2.88 bits per heavy atom. The molecule has 4 heteroatoms. The summed E-state index contributed by atoms with van der Waals surface area (Å²) >= 11 is 0. The highest BCUT2D eigenvalue weighted by atomic mass is 16.5. The van der Waals surface area contributed by atoms with Crippen LogP contribution in [0.3, 0.4) is 0 Å². The largest absolute Gasteiger partial charge is 0.483 e. The van der Waals surface area contributed by atoms with Crippen LogP contribution in [0.2, 0.25) is 0 Å². The van der Waals surface area contributed by atoms with E-state index in [2.05, 4.69) is 5.32 Å². The Kier molecular flexibility index (Phi) is 4.79. The molecule has 0 bridgehead atoms. The summed E-state index contributed by atoms with van der Waals surface area (Å²) in [7, 11) is 0. The van der Waals surface area contributed by atoms with Crippen LogP contribution >= 0.6 is 0 Å². The third kappa shape index (κ3) is 3.55. The molecule has 0 fully saturated rings. The Morgan fingerprint density at radius 1 is 1.50 bits per heavy atom. The molecule has 16 heavy (non-hydrogen) atoms. The van der Waals surface area contributed by atoms with Gasteiger partial charge in [-0.25, -0.2) is 0 Å². The molecule has 1 rings (SSSR count). The van der Waals surface area contributed by atoms with E-state index >= 15 is 0 Å². The minimum Gasteiger partial charge on any atom is -0.483 e. The van der Waals surface area contributed by atoms with E-state index in [4.69, 9.17) is 10.5 Å².